The third kappa shape index (κ3) is 2.06. The highest BCUT2D eigenvalue weighted by atomic mass is 15.3. The van der Waals surface area contributed by atoms with E-state index in [2.05, 4.69) is 45.7 Å². The number of aromatic amines is 1. The van der Waals surface area contributed by atoms with Crippen molar-refractivity contribution in [2.75, 3.05) is 0 Å². The topological polar surface area (TPSA) is 67.6 Å². The van der Waals surface area contributed by atoms with E-state index in [9.17, 15) is 0 Å². The number of rotatable bonds is 2. The molecule has 0 radical (unpaired) electrons. The average molecular weight is 274 g/mol. The van der Waals surface area contributed by atoms with Crippen molar-refractivity contribution in [3.05, 3.63) is 71.8 Å². The Balaban J connectivity index is 1.79. The SMILES string of the molecule is NC(c1ccc2ccccc2c1)c1ccc2[nH]nnc2c1. The Morgan fingerprint density at radius 3 is 2.52 bits per heavy atom. The molecule has 0 saturated heterocycles. The van der Waals surface area contributed by atoms with Gasteiger partial charge in [0.1, 0.15) is 5.52 Å². The van der Waals surface area contributed by atoms with Crippen molar-refractivity contribution in [3.8, 4) is 0 Å². The fourth-order valence-corrected chi connectivity index (χ4v) is 2.65. The molecule has 0 aliphatic heterocycles. The summed E-state index contributed by atoms with van der Waals surface area (Å²) in [7, 11) is 0. The van der Waals surface area contributed by atoms with Crippen molar-refractivity contribution < 1.29 is 0 Å². The van der Waals surface area contributed by atoms with Gasteiger partial charge in [-0.25, -0.2) is 0 Å². The highest BCUT2D eigenvalue weighted by molar-refractivity contribution is 5.83. The van der Waals surface area contributed by atoms with E-state index in [0.29, 0.717) is 0 Å². The van der Waals surface area contributed by atoms with Gasteiger partial charge in [-0.1, -0.05) is 47.7 Å². The lowest BCUT2D eigenvalue weighted by atomic mass is 9.97. The van der Waals surface area contributed by atoms with Crippen LogP contribution >= 0.6 is 0 Å². The van der Waals surface area contributed by atoms with Gasteiger partial charge in [-0.3, -0.25) is 5.10 Å². The summed E-state index contributed by atoms with van der Waals surface area (Å²) >= 11 is 0. The fourth-order valence-electron chi connectivity index (χ4n) is 2.65. The molecule has 1 atom stereocenters. The Hall–Kier alpha value is -2.72. The maximum Gasteiger partial charge on any atom is 0.113 e. The van der Waals surface area contributed by atoms with E-state index in [4.69, 9.17) is 5.73 Å². The van der Waals surface area contributed by atoms with E-state index in [1.807, 2.05) is 30.3 Å². The third-order valence-corrected chi connectivity index (χ3v) is 3.84. The maximum absolute atomic E-state index is 6.41. The summed E-state index contributed by atoms with van der Waals surface area (Å²) in [6, 6.07) is 20.4. The predicted octanol–water partition coefficient (Wildman–Crippen LogP) is 3.16. The molecule has 4 heteroatoms. The summed E-state index contributed by atoms with van der Waals surface area (Å²) in [6.45, 7) is 0. The molecule has 0 saturated carbocycles. The first-order valence-corrected chi connectivity index (χ1v) is 6.86. The van der Waals surface area contributed by atoms with E-state index in [-0.39, 0.29) is 6.04 Å². The summed E-state index contributed by atoms with van der Waals surface area (Å²) in [6.07, 6.45) is 0. The molecule has 21 heavy (non-hydrogen) atoms. The Morgan fingerprint density at radius 1 is 0.857 bits per heavy atom. The van der Waals surface area contributed by atoms with Gasteiger partial charge in [-0.05, 0) is 40.1 Å². The zero-order chi connectivity index (χ0) is 14.2. The summed E-state index contributed by atoms with van der Waals surface area (Å²) in [5.41, 5.74) is 10.3. The summed E-state index contributed by atoms with van der Waals surface area (Å²) in [5, 5.41) is 13.1. The molecule has 0 spiro atoms. The molecule has 4 rings (SSSR count). The van der Waals surface area contributed by atoms with Gasteiger partial charge >= 0.3 is 0 Å². The van der Waals surface area contributed by atoms with Gasteiger partial charge in [-0.2, -0.15) is 0 Å². The lowest BCUT2D eigenvalue weighted by Crippen LogP contribution is -2.11. The highest BCUT2D eigenvalue weighted by Gasteiger charge is 2.11. The second kappa shape index (κ2) is 4.68. The van der Waals surface area contributed by atoms with Crippen LogP contribution in [-0.2, 0) is 0 Å². The first kappa shape index (κ1) is 12.1. The van der Waals surface area contributed by atoms with E-state index < -0.39 is 0 Å². The van der Waals surface area contributed by atoms with Crippen molar-refractivity contribution in [3.63, 3.8) is 0 Å². The minimum absolute atomic E-state index is 0.171. The molecule has 4 aromatic rings. The van der Waals surface area contributed by atoms with Gasteiger partial charge < -0.3 is 5.73 Å². The second-order valence-corrected chi connectivity index (χ2v) is 5.17. The molecule has 3 N–H and O–H groups in total. The average Bonchev–Trinajstić information content (AvgIpc) is 3.01. The predicted molar refractivity (Wildman–Crippen MR) is 83.9 cm³/mol. The van der Waals surface area contributed by atoms with Crippen LogP contribution in [0, 0.1) is 0 Å². The summed E-state index contributed by atoms with van der Waals surface area (Å²) in [5.74, 6) is 0. The molecular formula is C17H14N4. The largest absolute Gasteiger partial charge is 0.320 e. The summed E-state index contributed by atoms with van der Waals surface area (Å²) < 4.78 is 0. The first-order chi connectivity index (χ1) is 10.3. The zero-order valence-electron chi connectivity index (χ0n) is 11.3. The molecule has 1 unspecified atom stereocenters. The maximum atomic E-state index is 6.41. The molecule has 0 fully saturated rings. The van der Waals surface area contributed by atoms with Crippen LogP contribution in [0.3, 0.4) is 0 Å². The normalized spacial score (nSPS) is 12.8. The number of fused-ring (bicyclic) bond motifs is 2. The standard InChI is InChI=1S/C17H14N4/c18-17(14-7-8-15-16(10-14)20-21-19-15)13-6-5-11-3-1-2-4-12(11)9-13/h1-10,17H,18H2,(H,19,20,21). The zero-order valence-corrected chi connectivity index (χ0v) is 11.3. The fraction of sp³-hybridized carbons (Fsp3) is 0.0588. The summed E-state index contributed by atoms with van der Waals surface area (Å²) in [4.78, 5) is 0. The molecule has 102 valence electrons. The Labute approximate surface area is 121 Å². The molecule has 0 bridgehead atoms. The molecule has 0 aliphatic rings. The number of nitrogens with zero attached hydrogens (tertiary/aromatic N) is 2. The number of nitrogens with one attached hydrogen (secondary N) is 1. The van der Waals surface area contributed by atoms with Gasteiger partial charge in [0.2, 0.25) is 0 Å². The van der Waals surface area contributed by atoms with Crippen LogP contribution in [0.2, 0.25) is 0 Å². The molecule has 4 nitrogen and oxygen atoms in total. The lowest BCUT2D eigenvalue weighted by molar-refractivity contribution is 0.875. The van der Waals surface area contributed by atoms with Crippen molar-refractivity contribution in [2.24, 2.45) is 5.73 Å². The molecular weight excluding hydrogens is 260 g/mol. The van der Waals surface area contributed by atoms with Gasteiger partial charge in [0.25, 0.3) is 0 Å². The van der Waals surface area contributed by atoms with E-state index in [1.54, 1.807) is 0 Å². The van der Waals surface area contributed by atoms with Gasteiger partial charge in [0.05, 0.1) is 11.6 Å². The van der Waals surface area contributed by atoms with Crippen LogP contribution in [0.4, 0.5) is 0 Å². The van der Waals surface area contributed by atoms with Crippen LogP contribution in [0.25, 0.3) is 21.8 Å². The van der Waals surface area contributed by atoms with Crippen molar-refractivity contribution in [1.82, 2.24) is 15.4 Å². The Kier molecular flexibility index (Phi) is 2.69. The second-order valence-electron chi connectivity index (χ2n) is 5.17. The van der Waals surface area contributed by atoms with Crippen LogP contribution in [0.1, 0.15) is 17.2 Å². The van der Waals surface area contributed by atoms with E-state index in [1.165, 1.54) is 10.8 Å². The van der Waals surface area contributed by atoms with Crippen LogP contribution in [0.5, 0.6) is 0 Å². The number of hydrogen-bond acceptors (Lipinski definition) is 3. The minimum atomic E-state index is -0.171. The van der Waals surface area contributed by atoms with Gasteiger partial charge in [0, 0.05) is 0 Å². The van der Waals surface area contributed by atoms with Crippen molar-refractivity contribution in [2.45, 2.75) is 6.04 Å². The lowest BCUT2D eigenvalue weighted by Gasteiger charge is -2.13. The van der Waals surface area contributed by atoms with E-state index in [0.717, 1.165) is 22.2 Å². The Bertz CT molecular complexity index is 926. The molecule has 0 amide bonds. The third-order valence-electron chi connectivity index (χ3n) is 3.84. The van der Waals surface area contributed by atoms with Crippen LogP contribution < -0.4 is 5.73 Å². The first-order valence-electron chi connectivity index (χ1n) is 6.86. The monoisotopic (exact) mass is 274 g/mol. The molecule has 1 heterocycles. The van der Waals surface area contributed by atoms with Gasteiger partial charge in [0.15, 0.2) is 0 Å². The highest BCUT2D eigenvalue weighted by Crippen LogP contribution is 2.25. The minimum Gasteiger partial charge on any atom is -0.320 e. The van der Waals surface area contributed by atoms with Crippen LogP contribution in [0.15, 0.2) is 60.7 Å². The quantitative estimate of drug-likeness (QED) is 0.590. The van der Waals surface area contributed by atoms with Crippen LogP contribution in [-0.4, -0.2) is 15.4 Å². The Morgan fingerprint density at radius 2 is 1.62 bits per heavy atom. The molecule has 0 aliphatic carbocycles. The van der Waals surface area contributed by atoms with Gasteiger partial charge in [-0.15, -0.1) is 5.10 Å². The number of hydrogen-bond donors (Lipinski definition) is 2. The smallest absolute Gasteiger partial charge is 0.113 e. The number of nitrogens with two attached hydrogens (primary N) is 1. The molecule has 1 aromatic heterocycles. The van der Waals surface area contributed by atoms with Crippen molar-refractivity contribution in [1.29, 1.82) is 0 Å². The van der Waals surface area contributed by atoms with E-state index >= 15 is 0 Å². The number of H-pyrrole nitrogens is 1. The molecule has 3 aromatic carbocycles. The number of aromatic nitrogens is 3. The van der Waals surface area contributed by atoms with Crippen molar-refractivity contribution >= 4 is 21.8 Å². The number of benzene rings is 3.